The Morgan fingerprint density at radius 3 is 2.71 bits per heavy atom. The van der Waals surface area contributed by atoms with E-state index in [2.05, 4.69) is 10.5 Å². The van der Waals surface area contributed by atoms with Crippen LogP contribution in [0.5, 0.6) is 0 Å². The van der Waals surface area contributed by atoms with Crippen LogP contribution in [-0.2, 0) is 4.79 Å². The lowest BCUT2D eigenvalue weighted by molar-refractivity contribution is -0.141. The fourth-order valence-electron chi connectivity index (χ4n) is 1.22. The van der Waals surface area contributed by atoms with Crippen molar-refractivity contribution in [3.8, 4) is 0 Å². The highest BCUT2D eigenvalue weighted by Gasteiger charge is 2.25. The van der Waals surface area contributed by atoms with Crippen LogP contribution in [0.25, 0.3) is 0 Å². The van der Waals surface area contributed by atoms with Gasteiger partial charge in [0.05, 0.1) is 12.0 Å². The molecular weight excluding hydrogens is 228 g/mol. The number of hydrogen-bond donors (Lipinski definition) is 3. The van der Waals surface area contributed by atoms with Crippen molar-refractivity contribution in [3.63, 3.8) is 0 Å². The summed E-state index contributed by atoms with van der Waals surface area (Å²) in [6.07, 6.45) is -0.453. The van der Waals surface area contributed by atoms with Gasteiger partial charge in [0, 0.05) is 12.6 Å². The van der Waals surface area contributed by atoms with Gasteiger partial charge in [0.1, 0.15) is 5.76 Å². The topological polar surface area (TPSA) is 113 Å². The molecule has 1 unspecified atom stereocenters. The number of carbonyl (C=O) groups is 2. The second kappa shape index (κ2) is 4.96. The van der Waals surface area contributed by atoms with Gasteiger partial charge < -0.3 is 20.1 Å². The first kappa shape index (κ1) is 13.2. The van der Waals surface area contributed by atoms with Crippen molar-refractivity contribution in [1.29, 1.82) is 0 Å². The Balaban J connectivity index is 2.51. The molecule has 1 aromatic rings. The van der Waals surface area contributed by atoms with Crippen molar-refractivity contribution in [2.24, 2.45) is 0 Å². The van der Waals surface area contributed by atoms with Gasteiger partial charge in [-0.1, -0.05) is 5.16 Å². The average Bonchev–Trinajstić information content (AvgIpc) is 2.59. The zero-order valence-corrected chi connectivity index (χ0v) is 9.56. The molecule has 1 amide bonds. The lowest BCUT2D eigenvalue weighted by Gasteiger charge is -2.20. The van der Waals surface area contributed by atoms with E-state index in [4.69, 9.17) is 9.63 Å². The lowest BCUT2D eigenvalue weighted by atomic mass is 10.0. The highest BCUT2D eigenvalue weighted by Crippen LogP contribution is 2.08. The van der Waals surface area contributed by atoms with Crippen LogP contribution in [0.3, 0.4) is 0 Å². The number of carboxylic acid groups (broad SMARTS) is 1. The number of nitrogens with one attached hydrogen (secondary N) is 1. The van der Waals surface area contributed by atoms with Crippen molar-refractivity contribution >= 4 is 11.9 Å². The molecule has 0 radical (unpaired) electrons. The summed E-state index contributed by atoms with van der Waals surface area (Å²) < 4.78 is 4.71. The van der Waals surface area contributed by atoms with Gasteiger partial charge in [-0.25, -0.2) is 0 Å². The number of hydrogen-bond acceptors (Lipinski definition) is 5. The second-order valence-electron chi connectivity index (χ2n) is 4.07. The molecule has 3 N–H and O–H groups in total. The minimum absolute atomic E-state index is 0.0913. The predicted octanol–water partition coefficient (Wildman–Crippen LogP) is -0.0615. The first-order valence-electron chi connectivity index (χ1n) is 4.96. The van der Waals surface area contributed by atoms with E-state index in [0.717, 1.165) is 0 Å². The minimum Gasteiger partial charge on any atom is -0.481 e. The molecule has 0 aliphatic heterocycles. The molecule has 17 heavy (non-hydrogen) atoms. The van der Waals surface area contributed by atoms with E-state index in [-0.39, 0.29) is 12.2 Å². The standard InChI is InChI=1S/C10H14N2O5/c1-6-3-7(12-17-6)9(15)11-5-10(2,16)4-8(13)14/h3,16H,4-5H2,1-2H3,(H,11,15)(H,13,14). The first-order chi connectivity index (χ1) is 7.80. The van der Waals surface area contributed by atoms with Crippen LogP contribution in [0, 0.1) is 6.92 Å². The number of carbonyl (C=O) groups excluding carboxylic acids is 1. The Labute approximate surface area is 97.4 Å². The molecule has 94 valence electrons. The summed E-state index contributed by atoms with van der Waals surface area (Å²) in [5.41, 5.74) is -1.41. The van der Waals surface area contributed by atoms with Gasteiger partial charge in [0.15, 0.2) is 5.69 Å². The Bertz CT molecular complexity index is 424. The van der Waals surface area contributed by atoms with E-state index in [1.54, 1.807) is 6.92 Å². The number of aliphatic carboxylic acids is 1. The number of carboxylic acids is 1. The Morgan fingerprint density at radius 2 is 2.24 bits per heavy atom. The quantitative estimate of drug-likeness (QED) is 0.666. The first-order valence-corrected chi connectivity index (χ1v) is 4.96. The van der Waals surface area contributed by atoms with Crippen molar-refractivity contribution in [3.05, 3.63) is 17.5 Å². The monoisotopic (exact) mass is 242 g/mol. The maximum atomic E-state index is 11.5. The van der Waals surface area contributed by atoms with Crippen LogP contribution in [-0.4, -0.2) is 39.4 Å². The SMILES string of the molecule is Cc1cc(C(=O)NCC(C)(O)CC(=O)O)no1. The van der Waals surface area contributed by atoms with Crippen LogP contribution in [0.15, 0.2) is 10.6 Å². The number of nitrogens with zero attached hydrogens (tertiary/aromatic N) is 1. The summed E-state index contributed by atoms with van der Waals surface area (Å²) in [4.78, 5) is 21.9. The van der Waals surface area contributed by atoms with E-state index >= 15 is 0 Å². The fourth-order valence-corrected chi connectivity index (χ4v) is 1.22. The molecule has 0 spiro atoms. The Kier molecular flexibility index (Phi) is 3.84. The van der Waals surface area contributed by atoms with Crippen molar-refractivity contribution in [2.75, 3.05) is 6.54 Å². The molecule has 1 heterocycles. The van der Waals surface area contributed by atoms with Crippen molar-refractivity contribution in [1.82, 2.24) is 10.5 Å². The van der Waals surface area contributed by atoms with Gasteiger partial charge in [-0.15, -0.1) is 0 Å². The zero-order chi connectivity index (χ0) is 13.1. The van der Waals surface area contributed by atoms with Gasteiger partial charge >= 0.3 is 5.97 Å². The number of aliphatic hydroxyl groups is 1. The smallest absolute Gasteiger partial charge is 0.306 e. The third kappa shape index (κ3) is 4.23. The minimum atomic E-state index is -1.50. The van der Waals surface area contributed by atoms with E-state index in [0.29, 0.717) is 5.76 Å². The number of aryl methyl sites for hydroxylation is 1. The average molecular weight is 242 g/mol. The molecule has 7 heteroatoms. The van der Waals surface area contributed by atoms with Crippen molar-refractivity contribution in [2.45, 2.75) is 25.9 Å². The molecule has 1 rings (SSSR count). The lowest BCUT2D eigenvalue weighted by Crippen LogP contribution is -2.42. The summed E-state index contributed by atoms with van der Waals surface area (Å²) >= 11 is 0. The predicted molar refractivity (Wildman–Crippen MR) is 56.4 cm³/mol. The molecule has 0 saturated carbocycles. The molecule has 0 fully saturated rings. The third-order valence-electron chi connectivity index (χ3n) is 2.02. The molecule has 1 atom stereocenters. The van der Waals surface area contributed by atoms with Crippen molar-refractivity contribution < 1.29 is 24.3 Å². The van der Waals surface area contributed by atoms with Crippen LogP contribution in [0.4, 0.5) is 0 Å². The molecule has 0 aromatic carbocycles. The molecule has 0 saturated heterocycles. The van der Waals surface area contributed by atoms with E-state index in [9.17, 15) is 14.7 Å². The van der Waals surface area contributed by atoms with Crippen LogP contribution in [0.1, 0.15) is 29.6 Å². The molecular formula is C10H14N2O5. The van der Waals surface area contributed by atoms with E-state index in [1.165, 1.54) is 13.0 Å². The van der Waals surface area contributed by atoms with Crippen LogP contribution in [0.2, 0.25) is 0 Å². The number of amides is 1. The molecule has 0 aliphatic rings. The van der Waals surface area contributed by atoms with Gasteiger partial charge in [-0.05, 0) is 13.8 Å². The maximum absolute atomic E-state index is 11.5. The molecule has 7 nitrogen and oxygen atoms in total. The van der Waals surface area contributed by atoms with Crippen LogP contribution >= 0.6 is 0 Å². The maximum Gasteiger partial charge on any atom is 0.306 e. The third-order valence-corrected chi connectivity index (χ3v) is 2.02. The highest BCUT2D eigenvalue weighted by atomic mass is 16.5. The molecule has 1 aromatic heterocycles. The molecule has 0 aliphatic carbocycles. The van der Waals surface area contributed by atoms with E-state index < -0.39 is 23.9 Å². The summed E-state index contributed by atoms with van der Waals surface area (Å²) in [6.45, 7) is 2.80. The Morgan fingerprint density at radius 1 is 1.59 bits per heavy atom. The fraction of sp³-hybridized carbons (Fsp3) is 0.500. The highest BCUT2D eigenvalue weighted by molar-refractivity contribution is 5.92. The number of aromatic nitrogens is 1. The summed E-state index contributed by atoms with van der Waals surface area (Å²) in [7, 11) is 0. The zero-order valence-electron chi connectivity index (χ0n) is 9.56. The van der Waals surface area contributed by atoms with Gasteiger partial charge in [0.2, 0.25) is 0 Å². The van der Waals surface area contributed by atoms with Gasteiger partial charge in [0.25, 0.3) is 5.91 Å². The second-order valence-corrected chi connectivity index (χ2v) is 4.07. The van der Waals surface area contributed by atoms with Gasteiger partial charge in [-0.2, -0.15) is 0 Å². The number of rotatable bonds is 5. The normalized spacial score (nSPS) is 14.1. The Hall–Kier alpha value is -1.89. The molecule has 0 bridgehead atoms. The van der Waals surface area contributed by atoms with E-state index in [1.807, 2.05) is 0 Å². The largest absolute Gasteiger partial charge is 0.481 e. The van der Waals surface area contributed by atoms with Gasteiger partial charge in [-0.3, -0.25) is 9.59 Å². The summed E-state index contributed by atoms with van der Waals surface area (Å²) in [6, 6.07) is 1.45. The van der Waals surface area contributed by atoms with Crippen LogP contribution < -0.4 is 5.32 Å². The summed E-state index contributed by atoms with van der Waals surface area (Å²) in [5.74, 6) is -1.17. The summed E-state index contributed by atoms with van der Waals surface area (Å²) in [5, 5.41) is 24.1.